The molecule has 3 heterocycles. The smallest absolute Gasteiger partial charge is 0.272 e. The van der Waals surface area contributed by atoms with Gasteiger partial charge >= 0.3 is 0 Å². The van der Waals surface area contributed by atoms with Gasteiger partial charge < -0.3 is 4.90 Å². The summed E-state index contributed by atoms with van der Waals surface area (Å²) in [6.07, 6.45) is 5.02. The third-order valence-corrected chi connectivity index (χ3v) is 3.77. The maximum absolute atomic E-state index is 12.7. The number of aromatic nitrogens is 2. The minimum absolute atomic E-state index is 0.132. The summed E-state index contributed by atoms with van der Waals surface area (Å²) >= 11 is 0. The number of imidazole rings is 1. The largest absolute Gasteiger partial charge is 0.337 e. The highest BCUT2D eigenvalue weighted by molar-refractivity contribution is 5.95. The van der Waals surface area contributed by atoms with Gasteiger partial charge in [0.25, 0.3) is 5.91 Å². The summed E-state index contributed by atoms with van der Waals surface area (Å²) in [5.41, 5.74) is 3.67. The van der Waals surface area contributed by atoms with E-state index in [0.717, 1.165) is 55.0 Å². The van der Waals surface area contributed by atoms with Crippen LogP contribution in [0.2, 0.25) is 0 Å². The van der Waals surface area contributed by atoms with Crippen LogP contribution in [0.1, 0.15) is 41.5 Å². The van der Waals surface area contributed by atoms with Crippen molar-refractivity contribution >= 4 is 11.6 Å². The third kappa shape index (κ3) is 2.01. The summed E-state index contributed by atoms with van der Waals surface area (Å²) in [6, 6.07) is 4.02. The first kappa shape index (κ1) is 12.2. The molecule has 100 valence electrons. The molecule has 19 heavy (non-hydrogen) atoms. The Hall–Kier alpha value is -1.84. The van der Waals surface area contributed by atoms with Crippen LogP contribution in [-0.4, -0.2) is 33.3 Å². The van der Waals surface area contributed by atoms with Crippen LogP contribution in [0.5, 0.6) is 0 Å². The van der Waals surface area contributed by atoms with Crippen molar-refractivity contribution < 1.29 is 4.79 Å². The van der Waals surface area contributed by atoms with Gasteiger partial charge in [-0.15, -0.1) is 0 Å². The summed E-state index contributed by atoms with van der Waals surface area (Å²) in [7, 11) is 0. The van der Waals surface area contributed by atoms with Crippen molar-refractivity contribution in [2.75, 3.05) is 13.1 Å². The molecule has 0 N–H and O–H groups in total. The molecule has 1 saturated heterocycles. The van der Waals surface area contributed by atoms with Gasteiger partial charge in [0.1, 0.15) is 11.3 Å². The van der Waals surface area contributed by atoms with Crippen molar-refractivity contribution in [2.24, 2.45) is 0 Å². The minimum atomic E-state index is 0.132. The second kappa shape index (κ2) is 4.68. The van der Waals surface area contributed by atoms with Gasteiger partial charge in [0.2, 0.25) is 0 Å². The lowest BCUT2D eigenvalue weighted by Gasteiger charge is -2.15. The van der Waals surface area contributed by atoms with Gasteiger partial charge in [0.05, 0.1) is 5.69 Å². The third-order valence-electron chi connectivity index (χ3n) is 3.77. The van der Waals surface area contributed by atoms with Gasteiger partial charge in [0, 0.05) is 19.3 Å². The van der Waals surface area contributed by atoms with E-state index in [2.05, 4.69) is 11.9 Å². The molecule has 0 radical (unpaired) electrons. The standard InChI is InChI=1S/C15H19N3O/c1-3-12-14(15(19)17-8-4-5-9-17)18-10-11(2)6-7-13(18)16-12/h6-7,10H,3-5,8-9H2,1-2H3. The molecular weight excluding hydrogens is 238 g/mol. The number of aryl methyl sites for hydroxylation is 2. The Kier molecular flexibility index (Phi) is 3.01. The maximum Gasteiger partial charge on any atom is 0.272 e. The van der Waals surface area contributed by atoms with Gasteiger partial charge in [-0.05, 0) is 37.8 Å². The molecule has 1 aliphatic heterocycles. The van der Waals surface area contributed by atoms with Gasteiger partial charge in [-0.1, -0.05) is 13.0 Å². The molecule has 0 spiro atoms. The Morgan fingerprint density at radius 1 is 1.32 bits per heavy atom. The summed E-state index contributed by atoms with van der Waals surface area (Å²) in [5, 5.41) is 0. The molecule has 0 aliphatic carbocycles. The van der Waals surface area contributed by atoms with Crippen molar-refractivity contribution in [1.82, 2.24) is 14.3 Å². The molecule has 1 amide bonds. The number of likely N-dealkylation sites (tertiary alicyclic amines) is 1. The molecule has 0 bridgehead atoms. The molecule has 1 fully saturated rings. The SMILES string of the molecule is CCc1nc2ccc(C)cn2c1C(=O)N1CCCC1. The van der Waals surface area contributed by atoms with Crippen molar-refractivity contribution in [3.05, 3.63) is 35.3 Å². The van der Waals surface area contributed by atoms with E-state index in [1.165, 1.54) is 0 Å². The molecule has 2 aromatic rings. The Morgan fingerprint density at radius 2 is 2.05 bits per heavy atom. The van der Waals surface area contributed by atoms with Gasteiger partial charge in [-0.25, -0.2) is 4.98 Å². The lowest BCUT2D eigenvalue weighted by Crippen LogP contribution is -2.29. The van der Waals surface area contributed by atoms with Crippen molar-refractivity contribution in [3.8, 4) is 0 Å². The fourth-order valence-corrected chi connectivity index (χ4v) is 2.74. The van der Waals surface area contributed by atoms with Crippen molar-refractivity contribution in [2.45, 2.75) is 33.1 Å². The zero-order chi connectivity index (χ0) is 13.4. The highest BCUT2D eigenvalue weighted by Gasteiger charge is 2.25. The van der Waals surface area contributed by atoms with E-state index in [1.807, 2.05) is 34.6 Å². The zero-order valence-corrected chi connectivity index (χ0v) is 11.5. The first-order valence-corrected chi connectivity index (χ1v) is 6.97. The fourth-order valence-electron chi connectivity index (χ4n) is 2.74. The summed E-state index contributed by atoms with van der Waals surface area (Å²) < 4.78 is 1.95. The molecular formula is C15H19N3O. The van der Waals surface area contributed by atoms with Gasteiger partial charge in [-0.3, -0.25) is 9.20 Å². The molecule has 0 unspecified atom stereocenters. The Morgan fingerprint density at radius 3 is 2.74 bits per heavy atom. The van der Waals surface area contributed by atoms with E-state index >= 15 is 0 Å². The van der Waals surface area contributed by atoms with E-state index in [0.29, 0.717) is 0 Å². The summed E-state index contributed by atoms with van der Waals surface area (Å²) in [5.74, 6) is 0.132. The number of fused-ring (bicyclic) bond motifs is 1. The average molecular weight is 257 g/mol. The Bertz CT molecular complexity index is 624. The van der Waals surface area contributed by atoms with E-state index in [-0.39, 0.29) is 5.91 Å². The van der Waals surface area contributed by atoms with Crippen molar-refractivity contribution in [1.29, 1.82) is 0 Å². The van der Waals surface area contributed by atoms with Gasteiger partial charge in [-0.2, -0.15) is 0 Å². The van der Waals surface area contributed by atoms with Crippen LogP contribution >= 0.6 is 0 Å². The molecule has 3 rings (SSSR count). The van der Waals surface area contributed by atoms with Crippen LogP contribution in [-0.2, 0) is 6.42 Å². The molecule has 1 aliphatic rings. The van der Waals surface area contributed by atoms with Crippen LogP contribution in [0, 0.1) is 6.92 Å². The van der Waals surface area contributed by atoms with Crippen LogP contribution in [0.3, 0.4) is 0 Å². The highest BCUT2D eigenvalue weighted by Crippen LogP contribution is 2.19. The molecule has 0 saturated carbocycles. The molecule has 0 atom stereocenters. The number of rotatable bonds is 2. The maximum atomic E-state index is 12.7. The summed E-state index contributed by atoms with van der Waals surface area (Å²) in [6.45, 7) is 5.84. The first-order chi connectivity index (χ1) is 9.20. The first-order valence-electron chi connectivity index (χ1n) is 6.97. The van der Waals surface area contributed by atoms with E-state index in [9.17, 15) is 4.79 Å². The highest BCUT2D eigenvalue weighted by atomic mass is 16.2. The van der Waals surface area contributed by atoms with E-state index < -0.39 is 0 Å². The number of amides is 1. The predicted molar refractivity (Wildman–Crippen MR) is 74.4 cm³/mol. The fraction of sp³-hybridized carbons (Fsp3) is 0.467. The number of nitrogens with zero attached hydrogens (tertiary/aromatic N) is 3. The topological polar surface area (TPSA) is 37.6 Å². The van der Waals surface area contributed by atoms with Crippen molar-refractivity contribution in [3.63, 3.8) is 0 Å². The van der Waals surface area contributed by atoms with Crippen LogP contribution in [0.25, 0.3) is 5.65 Å². The van der Waals surface area contributed by atoms with Crippen LogP contribution in [0.15, 0.2) is 18.3 Å². The average Bonchev–Trinajstić information content (AvgIpc) is 3.04. The van der Waals surface area contributed by atoms with Gasteiger partial charge in [0.15, 0.2) is 0 Å². The predicted octanol–water partition coefficient (Wildman–Crippen LogP) is 2.44. The second-order valence-corrected chi connectivity index (χ2v) is 5.19. The second-order valence-electron chi connectivity index (χ2n) is 5.19. The molecule has 4 heteroatoms. The zero-order valence-electron chi connectivity index (χ0n) is 11.5. The Labute approximate surface area is 113 Å². The van der Waals surface area contributed by atoms with Crippen LogP contribution in [0.4, 0.5) is 0 Å². The normalized spacial score (nSPS) is 15.4. The number of carbonyl (C=O) groups is 1. The molecule has 0 aromatic carbocycles. The molecule has 4 nitrogen and oxygen atoms in total. The summed E-state index contributed by atoms with van der Waals surface area (Å²) in [4.78, 5) is 19.2. The Balaban J connectivity index is 2.14. The number of hydrogen-bond acceptors (Lipinski definition) is 2. The van der Waals surface area contributed by atoms with E-state index in [4.69, 9.17) is 0 Å². The lowest BCUT2D eigenvalue weighted by atomic mass is 10.2. The monoisotopic (exact) mass is 257 g/mol. The lowest BCUT2D eigenvalue weighted by molar-refractivity contribution is 0.0785. The van der Waals surface area contributed by atoms with E-state index in [1.54, 1.807) is 0 Å². The number of hydrogen-bond donors (Lipinski definition) is 0. The minimum Gasteiger partial charge on any atom is -0.337 e. The number of carbonyl (C=O) groups excluding carboxylic acids is 1. The molecule has 2 aromatic heterocycles. The quantitative estimate of drug-likeness (QED) is 0.828. The van der Waals surface area contributed by atoms with Crippen LogP contribution < -0.4 is 0 Å². The number of pyridine rings is 1.